The predicted octanol–water partition coefficient (Wildman–Crippen LogP) is 0.845. The highest BCUT2D eigenvalue weighted by molar-refractivity contribution is 7.60. The normalized spacial score (nSPS) is 10.3. The Morgan fingerprint density at radius 3 is 1.93 bits per heavy atom. The van der Waals surface area contributed by atoms with E-state index in [1.807, 2.05) is 0 Å². The zero-order valence-corrected chi connectivity index (χ0v) is 9.02. The van der Waals surface area contributed by atoms with Gasteiger partial charge in [0.15, 0.2) is 0 Å². The summed E-state index contributed by atoms with van der Waals surface area (Å²) in [6.07, 6.45) is 1.10. The molecule has 0 fully saturated rings. The average molecular weight is 217 g/mol. The van der Waals surface area contributed by atoms with Crippen molar-refractivity contribution in [3.8, 4) is 0 Å². The summed E-state index contributed by atoms with van der Waals surface area (Å²) in [6, 6.07) is 7.70. The van der Waals surface area contributed by atoms with Gasteiger partial charge in [-0.25, -0.2) is 0 Å². The van der Waals surface area contributed by atoms with Crippen LogP contribution in [0.2, 0.25) is 0 Å². The molecule has 1 aromatic carbocycles. The number of benzene rings is 1. The Morgan fingerprint density at radius 2 is 1.71 bits per heavy atom. The van der Waals surface area contributed by atoms with Crippen LogP contribution >= 0.6 is 7.60 Å². The monoisotopic (exact) mass is 217 g/mol. The maximum absolute atomic E-state index is 10.5. The fourth-order valence-corrected chi connectivity index (χ4v) is 1.18. The van der Waals surface area contributed by atoms with E-state index in [-0.39, 0.29) is 5.30 Å². The summed E-state index contributed by atoms with van der Waals surface area (Å²) < 4.78 is 10.5. The molecule has 0 saturated heterocycles. The molecular weight excluding hydrogens is 201 g/mol. The van der Waals surface area contributed by atoms with Gasteiger partial charge in [0.05, 0.1) is 5.30 Å². The van der Waals surface area contributed by atoms with Crippen LogP contribution in [0.25, 0.3) is 0 Å². The summed E-state index contributed by atoms with van der Waals surface area (Å²) >= 11 is 0. The molecule has 0 spiro atoms. The Kier molecular flexibility index (Phi) is 6.41. The van der Waals surface area contributed by atoms with E-state index in [0.29, 0.717) is 0 Å². The highest BCUT2D eigenvalue weighted by atomic mass is 31.2. The van der Waals surface area contributed by atoms with Crippen LogP contribution in [-0.2, 0) is 4.57 Å². The minimum Gasteiger partial charge on any atom is -0.330 e. The lowest BCUT2D eigenvalue weighted by molar-refractivity contribution is 0.387. The Morgan fingerprint density at radius 1 is 1.29 bits per heavy atom. The highest BCUT2D eigenvalue weighted by Crippen LogP contribution is 2.32. The molecular formula is C9H16NO3P. The maximum Gasteiger partial charge on any atom is 0.356 e. The Bertz CT molecular complexity index is 281. The van der Waals surface area contributed by atoms with Gasteiger partial charge in [-0.2, -0.15) is 0 Å². The van der Waals surface area contributed by atoms with Crippen LogP contribution in [0.3, 0.4) is 0 Å². The summed E-state index contributed by atoms with van der Waals surface area (Å²) in [5.41, 5.74) is 5.03. The van der Waals surface area contributed by atoms with Crippen LogP contribution in [0.5, 0.6) is 0 Å². The second-order valence-electron chi connectivity index (χ2n) is 2.67. The molecule has 4 nitrogen and oxygen atoms in total. The van der Waals surface area contributed by atoms with Gasteiger partial charge in [0.1, 0.15) is 0 Å². The molecule has 0 radical (unpaired) electrons. The Hall–Kier alpha value is -0.670. The fraction of sp³-hybridized carbons (Fsp3) is 0.333. The molecule has 0 heterocycles. The standard InChI is InChI=1S/C6H7O3P.C3H9N/c7-10(8,9)6-4-2-1-3-5-6;1-2-3-4/h1-5H,(H2,7,8,9);2-4H2,1H3. The predicted molar refractivity (Wildman–Crippen MR) is 57.5 cm³/mol. The summed E-state index contributed by atoms with van der Waals surface area (Å²) in [6.45, 7) is 2.88. The first kappa shape index (κ1) is 13.3. The van der Waals surface area contributed by atoms with Gasteiger partial charge < -0.3 is 15.5 Å². The van der Waals surface area contributed by atoms with Gasteiger partial charge in [0, 0.05) is 0 Å². The van der Waals surface area contributed by atoms with E-state index in [1.54, 1.807) is 18.2 Å². The van der Waals surface area contributed by atoms with Crippen LogP contribution in [0.1, 0.15) is 13.3 Å². The van der Waals surface area contributed by atoms with Gasteiger partial charge in [-0.1, -0.05) is 25.1 Å². The van der Waals surface area contributed by atoms with Crippen molar-refractivity contribution in [2.75, 3.05) is 6.54 Å². The van der Waals surface area contributed by atoms with Crippen molar-refractivity contribution < 1.29 is 14.4 Å². The molecule has 0 bridgehead atoms. The van der Waals surface area contributed by atoms with Crippen LogP contribution in [0.4, 0.5) is 0 Å². The van der Waals surface area contributed by atoms with Crippen LogP contribution in [0.15, 0.2) is 30.3 Å². The van der Waals surface area contributed by atoms with Gasteiger partial charge >= 0.3 is 7.60 Å². The minimum atomic E-state index is -4.02. The molecule has 0 atom stereocenters. The fourth-order valence-electron chi connectivity index (χ4n) is 0.622. The molecule has 1 aromatic rings. The lowest BCUT2D eigenvalue weighted by Gasteiger charge is -2.00. The van der Waals surface area contributed by atoms with Crippen molar-refractivity contribution in [3.63, 3.8) is 0 Å². The number of nitrogens with two attached hydrogens (primary N) is 1. The molecule has 0 aromatic heterocycles. The topological polar surface area (TPSA) is 83.6 Å². The van der Waals surface area contributed by atoms with Gasteiger partial charge in [-0.15, -0.1) is 0 Å². The third kappa shape index (κ3) is 5.89. The quantitative estimate of drug-likeness (QED) is 0.641. The SMILES string of the molecule is CCCN.O=P(O)(O)c1ccccc1. The van der Waals surface area contributed by atoms with Crippen LogP contribution < -0.4 is 11.0 Å². The van der Waals surface area contributed by atoms with E-state index in [4.69, 9.17) is 15.5 Å². The van der Waals surface area contributed by atoms with Crippen LogP contribution in [-0.4, -0.2) is 16.3 Å². The average Bonchev–Trinajstić information content (AvgIpc) is 2.18. The van der Waals surface area contributed by atoms with Crippen LogP contribution in [0, 0.1) is 0 Å². The summed E-state index contributed by atoms with van der Waals surface area (Å²) in [7, 11) is -4.02. The molecule has 80 valence electrons. The van der Waals surface area contributed by atoms with E-state index < -0.39 is 7.60 Å². The smallest absolute Gasteiger partial charge is 0.330 e. The lowest BCUT2D eigenvalue weighted by atomic mass is 10.4. The van der Waals surface area contributed by atoms with E-state index in [0.717, 1.165) is 13.0 Å². The van der Waals surface area contributed by atoms with Gasteiger partial charge in [0.2, 0.25) is 0 Å². The molecule has 14 heavy (non-hydrogen) atoms. The third-order valence-corrected chi connectivity index (χ3v) is 2.35. The molecule has 0 aliphatic carbocycles. The second-order valence-corrected chi connectivity index (χ2v) is 4.27. The molecule has 0 amide bonds. The number of hydrogen-bond donors (Lipinski definition) is 3. The molecule has 4 N–H and O–H groups in total. The first-order chi connectivity index (χ1) is 6.52. The van der Waals surface area contributed by atoms with Crippen molar-refractivity contribution in [1.29, 1.82) is 0 Å². The first-order valence-corrected chi connectivity index (χ1v) is 5.94. The first-order valence-electron chi connectivity index (χ1n) is 4.33. The summed E-state index contributed by atoms with van der Waals surface area (Å²) in [5, 5.41) is 0.0648. The summed E-state index contributed by atoms with van der Waals surface area (Å²) in [4.78, 5) is 17.2. The van der Waals surface area contributed by atoms with E-state index in [9.17, 15) is 4.57 Å². The Balaban J connectivity index is 0.000000364. The van der Waals surface area contributed by atoms with Gasteiger partial charge in [-0.05, 0) is 25.1 Å². The minimum absolute atomic E-state index is 0.0648. The zero-order valence-electron chi connectivity index (χ0n) is 8.13. The lowest BCUT2D eigenvalue weighted by Crippen LogP contribution is -2.01. The molecule has 1 rings (SSSR count). The molecule has 0 aliphatic heterocycles. The molecule has 0 unspecified atom stereocenters. The number of rotatable bonds is 2. The Labute approximate surface area is 83.9 Å². The van der Waals surface area contributed by atoms with Crippen molar-refractivity contribution in [1.82, 2.24) is 0 Å². The molecule has 5 heteroatoms. The molecule has 0 aliphatic rings. The summed E-state index contributed by atoms with van der Waals surface area (Å²) in [5.74, 6) is 0. The van der Waals surface area contributed by atoms with Crippen molar-refractivity contribution >= 4 is 12.9 Å². The maximum atomic E-state index is 10.5. The largest absolute Gasteiger partial charge is 0.356 e. The van der Waals surface area contributed by atoms with Gasteiger partial charge in [0.25, 0.3) is 0 Å². The van der Waals surface area contributed by atoms with E-state index in [1.165, 1.54) is 12.1 Å². The molecule has 0 saturated carbocycles. The number of hydrogen-bond acceptors (Lipinski definition) is 2. The zero-order chi connectivity index (χ0) is 11.0. The third-order valence-electron chi connectivity index (χ3n) is 1.38. The van der Waals surface area contributed by atoms with Crippen molar-refractivity contribution in [2.24, 2.45) is 5.73 Å². The second kappa shape index (κ2) is 6.74. The van der Waals surface area contributed by atoms with Gasteiger partial charge in [-0.3, -0.25) is 4.57 Å². The van der Waals surface area contributed by atoms with E-state index in [2.05, 4.69) is 6.92 Å². The highest BCUT2D eigenvalue weighted by Gasteiger charge is 2.14. The van der Waals surface area contributed by atoms with Crippen molar-refractivity contribution in [3.05, 3.63) is 30.3 Å². The van der Waals surface area contributed by atoms with Crippen molar-refractivity contribution in [2.45, 2.75) is 13.3 Å². The van der Waals surface area contributed by atoms with E-state index >= 15 is 0 Å².